The Morgan fingerprint density at radius 2 is 1.76 bits per heavy atom. The van der Waals surface area contributed by atoms with Crippen molar-refractivity contribution < 1.29 is 23.1 Å². The first-order chi connectivity index (χ1) is 15.6. The van der Waals surface area contributed by atoms with Gasteiger partial charge in [0.2, 0.25) is 0 Å². The summed E-state index contributed by atoms with van der Waals surface area (Å²) in [6, 6.07) is 16.4. The summed E-state index contributed by atoms with van der Waals surface area (Å²) in [6.45, 7) is 1.64. The van der Waals surface area contributed by atoms with Crippen molar-refractivity contribution >= 4 is 32.7 Å². The second kappa shape index (κ2) is 8.57. The molecule has 0 saturated carbocycles. The average Bonchev–Trinajstić information content (AvgIpc) is 3.12. The van der Waals surface area contributed by atoms with Crippen molar-refractivity contribution in [2.45, 2.75) is 12.3 Å². The Morgan fingerprint density at radius 1 is 1.12 bits per heavy atom. The van der Waals surface area contributed by atoms with Gasteiger partial charge in [-0.1, -0.05) is 18.2 Å². The van der Waals surface area contributed by atoms with Crippen LogP contribution in [-0.2, 0) is 9.84 Å². The first kappa shape index (κ1) is 22.3. The summed E-state index contributed by atoms with van der Waals surface area (Å²) in [5.74, 6) is 0.201. The minimum absolute atomic E-state index is 0.0576. The number of anilines is 2. The number of nitrogens with one attached hydrogen (secondary N) is 1. The summed E-state index contributed by atoms with van der Waals surface area (Å²) in [4.78, 5) is 11.6. The number of fused-ring (bicyclic) bond motifs is 1. The molecule has 0 amide bonds. The summed E-state index contributed by atoms with van der Waals surface area (Å²) < 4.78 is 31.6. The topological polar surface area (TPSA) is 136 Å². The second-order valence-electron chi connectivity index (χ2n) is 7.56. The van der Waals surface area contributed by atoms with Crippen LogP contribution in [0.2, 0.25) is 0 Å². The molecule has 0 saturated heterocycles. The smallest absolute Gasteiger partial charge is 0.337 e. The van der Waals surface area contributed by atoms with Crippen molar-refractivity contribution in [3.8, 4) is 11.5 Å². The van der Waals surface area contributed by atoms with Gasteiger partial charge in [0.05, 0.1) is 23.0 Å². The third kappa shape index (κ3) is 4.52. The Labute approximate surface area is 190 Å². The van der Waals surface area contributed by atoms with E-state index in [-0.39, 0.29) is 11.1 Å². The zero-order chi connectivity index (χ0) is 23.8. The summed E-state index contributed by atoms with van der Waals surface area (Å²) >= 11 is 0. The predicted molar refractivity (Wildman–Crippen MR) is 125 cm³/mol. The molecule has 1 unspecified atom stereocenters. The minimum atomic E-state index is -3.65. The van der Waals surface area contributed by atoms with Crippen molar-refractivity contribution in [3.63, 3.8) is 0 Å². The number of ether oxygens (including phenoxy) is 1. The third-order valence-electron chi connectivity index (χ3n) is 5.19. The van der Waals surface area contributed by atoms with E-state index in [4.69, 9.17) is 10.5 Å². The van der Waals surface area contributed by atoms with Crippen LogP contribution in [0, 0.1) is 6.92 Å². The molecule has 0 fully saturated rings. The fourth-order valence-electron chi connectivity index (χ4n) is 3.47. The summed E-state index contributed by atoms with van der Waals surface area (Å²) in [5.41, 5.74) is 8.17. The molecule has 1 atom stereocenters. The van der Waals surface area contributed by atoms with Crippen LogP contribution in [0.15, 0.2) is 67.0 Å². The number of nitrogens with zero attached hydrogens (tertiary/aromatic N) is 2. The first-order valence-electron chi connectivity index (χ1n) is 9.93. The molecule has 9 nitrogen and oxygen atoms in total. The zero-order valence-corrected chi connectivity index (χ0v) is 18.7. The molecule has 0 bridgehead atoms. The molecule has 0 spiro atoms. The van der Waals surface area contributed by atoms with Crippen LogP contribution in [0.4, 0.5) is 11.4 Å². The minimum Gasteiger partial charge on any atom is -0.478 e. The van der Waals surface area contributed by atoms with E-state index in [0.29, 0.717) is 34.0 Å². The number of rotatable bonds is 7. The normalized spacial score (nSPS) is 12.5. The highest BCUT2D eigenvalue weighted by Gasteiger charge is 2.26. The van der Waals surface area contributed by atoms with Gasteiger partial charge in [0.1, 0.15) is 16.9 Å². The van der Waals surface area contributed by atoms with Gasteiger partial charge < -0.3 is 20.9 Å². The van der Waals surface area contributed by atoms with Gasteiger partial charge in [0.25, 0.3) is 0 Å². The van der Waals surface area contributed by atoms with E-state index in [2.05, 4.69) is 10.4 Å². The second-order valence-corrected chi connectivity index (χ2v) is 9.72. The van der Waals surface area contributed by atoms with E-state index in [1.807, 2.05) is 30.3 Å². The molecule has 0 aliphatic carbocycles. The van der Waals surface area contributed by atoms with Gasteiger partial charge in [-0.3, -0.25) is 0 Å². The monoisotopic (exact) mass is 466 g/mol. The summed E-state index contributed by atoms with van der Waals surface area (Å²) in [7, 11) is -3.65. The Morgan fingerprint density at radius 3 is 2.36 bits per heavy atom. The van der Waals surface area contributed by atoms with Crippen molar-refractivity contribution in [2.24, 2.45) is 5.73 Å². The molecule has 33 heavy (non-hydrogen) atoms. The molecule has 0 aliphatic rings. The van der Waals surface area contributed by atoms with E-state index in [1.165, 1.54) is 16.9 Å². The molecule has 0 aliphatic heterocycles. The Balaban J connectivity index is 1.77. The number of aryl methyl sites for hydroxylation is 1. The highest BCUT2D eigenvalue weighted by atomic mass is 32.2. The lowest BCUT2D eigenvalue weighted by Crippen LogP contribution is -2.22. The predicted octanol–water partition coefficient (Wildman–Crippen LogP) is 3.88. The first-order valence-corrected chi connectivity index (χ1v) is 11.9. The molecule has 2 heterocycles. The maximum atomic E-state index is 12.2. The van der Waals surface area contributed by atoms with Crippen LogP contribution in [0.25, 0.3) is 5.52 Å². The number of carbonyl (C=O) groups is 1. The molecule has 4 aromatic rings. The molecule has 0 radical (unpaired) electrons. The molecule has 2 aromatic carbocycles. The summed E-state index contributed by atoms with van der Waals surface area (Å²) in [6.07, 6.45) is 3.75. The quantitative estimate of drug-likeness (QED) is 0.373. The SMILES string of the molecule is Cc1c(C(=O)O)cn2ncc(C(N)S(C)(=O)=O)c(Nc3ccc(Oc4ccccc4)cc3)c12. The van der Waals surface area contributed by atoms with E-state index < -0.39 is 21.2 Å². The molecule has 170 valence electrons. The maximum Gasteiger partial charge on any atom is 0.337 e. The number of hydrogen-bond acceptors (Lipinski definition) is 7. The largest absolute Gasteiger partial charge is 0.478 e. The maximum absolute atomic E-state index is 12.2. The van der Waals surface area contributed by atoms with E-state index >= 15 is 0 Å². The highest BCUT2D eigenvalue weighted by molar-refractivity contribution is 7.90. The molecular formula is C23H22N4O5S. The van der Waals surface area contributed by atoms with E-state index in [0.717, 1.165) is 6.26 Å². The van der Waals surface area contributed by atoms with Crippen LogP contribution >= 0.6 is 0 Å². The number of nitrogens with two attached hydrogens (primary N) is 1. The van der Waals surface area contributed by atoms with Crippen molar-refractivity contribution in [1.29, 1.82) is 0 Å². The Hall–Kier alpha value is -3.89. The van der Waals surface area contributed by atoms with E-state index in [1.54, 1.807) is 31.2 Å². The van der Waals surface area contributed by atoms with Crippen molar-refractivity contribution in [2.75, 3.05) is 11.6 Å². The van der Waals surface area contributed by atoms with Gasteiger partial charge in [-0.2, -0.15) is 5.10 Å². The Kier molecular flexibility index (Phi) is 5.79. The van der Waals surface area contributed by atoms with Crippen LogP contribution in [0.5, 0.6) is 11.5 Å². The standard InChI is InChI=1S/C23H22N4O5S/c1-14-19(23(28)29)13-27-21(14)20(18(12-25-27)22(24)33(2,30)31)26-15-8-10-17(11-9-15)32-16-6-4-3-5-7-16/h3-13,22,26H,24H2,1-2H3,(H,28,29). The number of hydrogen-bond donors (Lipinski definition) is 3. The van der Waals surface area contributed by atoms with Crippen LogP contribution in [0.3, 0.4) is 0 Å². The number of para-hydroxylation sites is 1. The lowest BCUT2D eigenvalue weighted by Gasteiger charge is -2.18. The van der Waals surface area contributed by atoms with Crippen LogP contribution in [0.1, 0.15) is 26.9 Å². The number of sulfone groups is 1. The number of benzene rings is 2. The van der Waals surface area contributed by atoms with Gasteiger partial charge in [-0.05, 0) is 48.9 Å². The molecule has 2 aromatic heterocycles. The fourth-order valence-corrected chi connectivity index (χ4v) is 4.11. The third-order valence-corrected chi connectivity index (χ3v) is 6.36. The molecule has 4 rings (SSSR count). The number of aromatic carboxylic acids is 1. The average molecular weight is 467 g/mol. The van der Waals surface area contributed by atoms with Crippen molar-refractivity contribution in [1.82, 2.24) is 9.61 Å². The van der Waals surface area contributed by atoms with Gasteiger partial charge in [-0.25, -0.2) is 17.7 Å². The lowest BCUT2D eigenvalue weighted by molar-refractivity contribution is 0.0696. The Bertz CT molecular complexity index is 1430. The van der Waals surface area contributed by atoms with Crippen LogP contribution < -0.4 is 15.8 Å². The summed E-state index contributed by atoms with van der Waals surface area (Å²) in [5, 5.41) is 15.6. The zero-order valence-electron chi connectivity index (χ0n) is 17.9. The highest BCUT2D eigenvalue weighted by Crippen LogP contribution is 2.35. The fraction of sp³-hybridized carbons (Fsp3) is 0.130. The van der Waals surface area contributed by atoms with Gasteiger partial charge in [0, 0.05) is 23.7 Å². The van der Waals surface area contributed by atoms with E-state index in [9.17, 15) is 18.3 Å². The molecule has 10 heteroatoms. The number of carboxylic acids is 1. The van der Waals surface area contributed by atoms with Crippen LogP contribution in [-0.4, -0.2) is 35.4 Å². The molecular weight excluding hydrogens is 444 g/mol. The van der Waals surface area contributed by atoms with Crippen molar-refractivity contribution in [3.05, 3.63) is 83.7 Å². The van der Waals surface area contributed by atoms with Gasteiger partial charge >= 0.3 is 5.97 Å². The number of aromatic nitrogens is 2. The molecule has 4 N–H and O–H groups in total. The van der Waals surface area contributed by atoms with Gasteiger partial charge in [-0.15, -0.1) is 0 Å². The van der Waals surface area contributed by atoms with Gasteiger partial charge in [0.15, 0.2) is 9.84 Å². The number of carboxylic acid groups (broad SMARTS) is 1. The lowest BCUT2D eigenvalue weighted by atomic mass is 10.1.